The summed E-state index contributed by atoms with van der Waals surface area (Å²) in [4.78, 5) is 13.4. The van der Waals surface area contributed by atoms with Crippen LogP contribution in [0, 0.1) is 0 Å². The van der Waals surface area contributed by atoms with Gasteiger partial charge in [-0.3, -0.25) is 0 Å². The van der Waals surface area contributed by atoms with Gasteiger partial charge in [0.05, 0.1) is 5.56 Å². The Bertz CT molecular complexity index is 615. The van der Waals surface area contributed by atoms with E-state index in [9.17, 15) is 4.79 Å². The normalized spacial score (nSPS) is 15.7. The highest BCUT2D eigenvalue weighted by Crippen LogP contribution is 2.25. The Labute approximate surface area is 112 Å². The molecule has 1 heterocycles. The molecule has 3 rings (SSSR count). The van der Waals surface area contributed by atoms with Crippen LogP contribution in [-0.2, 0) is 0 Å². The molecule has 0 aromatic heterocycles. The number of benzene rings is 2. The van der Waals surface area contributed by atoms with Gasteiger partial charge in [-0.05, 0) is 54.3 Å². The summed E-state index contributed by atoms with van der Waals surface area (Å²) in [6.07, 6.45) is 3.85. The Kier molecular flexibility index (Phi) is 3.11. The number of rotatable bonds is 2. The topological polar surface area (TPSA) is 40.5 Å². The summed E-state index contributed by atoms with van der Waals surface area (Å²) in [6, 6.07) is 11.6. The largest absolute Gasteiger partial charge is 0.478 e. The lowest BCUT2D eigenvalue weighted by Gasteiger charge is -2.29. The number of carbonyl (C=O) groups is 1. The van der Waals surface area contributed by atoms with Crippen molar-refractivity contribution in [2.75, 3.05) is 18.0 Å². The Morgan fingerprint density at radius 1 is 0.947 bits per heavy atom. The fourth-order valence-electron chi connectivity index (χ4n) is 2.71. The molecule has 0 spiro atoms. The van der Waals surface area contributed by atoms with Crippen molar-refractivity contribution in [1.82, 2.24) is 0 Å². The first kappa shape index (κ1) is 12.0. The van der Waals surface area contributed by atoms with Crippen molar-refractivity contribution >= 4 is 22.4 Å². The van der Waals surface area contributed by atoms with Crippen molar-refractivity contribution in [3.05, 3.63) is 42.0 Å². The van der Waals surface area contributed by atoms with E-state index in [0.717, 1.165) is 23.9 Å². The van der Waals surface area contributed by atoms with E-state index < -0.39 is 5.97 Å². The molecule has 0 atom stereocenters. The van der Waals surface area contributed by atoms with Crippen LogP contribution in [0.2, 0.25) is 0 Å². The van der Waals surface area contributed by atoms with Gasteiger partial charge in [0.25, 0.3) is 0 Å². The molecule has 19 heavy (non-hydrogen) atoms. The highest BCUT2D eigenvalue weighted by molar-refractivity contribution is 5.95. The van der Waals surface area contributed by atoms with Crippen LogP contribution in [0.4, 0.5) is 5.69 Å². The Balaban J connectivity index is 1.97. The van der Waals surface area contributed by atoms with Crippen LogP contribution >= 0.6 is 0 Å². The molecule has 0 saturated carbocycles. The Hall–Kier alpha value is -2.03. The van der Waals surface area contributed by atoms with Gasteiger partial charge in [0.2, 0.25) is 0 Å². The number of aromatic carboxylic acids is 1. The maximum Gasteiger partial charge on any atom is 0.335 e. The first-order valence-electron chi connectivity index (χ1n) is 6.76. The molecule has 1 N–H and O–H groups in total. The van der Waals surface area contributed by atoms with Crippen LogP contribution in [-0.4, -0.2) is 24.2 Å². The van der Waals surface area contributed by atoms with Crippen LogP contribution in [0.1, 0.15) is 29.6 Å². The van der Waals surface area contributed by atoms with Gasteiger partial charge in [0, 0.05) is 18.8 Å². The molecule has 0 bridgehead atoms. The molecule has 3 heteroatoms. The SMILES string of the molecule is O=C(O)c1ccc2cc(N3CCCCC3)ccc2c1. The first-order valence-corrected chi connectivity index (χ1v) is 6.76. The summed E-state index contributed by atoms with van der Waals surface area (Å²) < 4.78 is 0. The third kappa shape index (κ3) is 2.41. The second-order valence-electron chi connectivity index (χ2n) is 5.10. The van der Waals surface area contributed by atoms with Gasteiger partial charge in [-0.15, -0.1) is 0 Å². The predicted octanol–water partition coefficient (Wildman–Crippen LogP) is 3.53. The fraction of sp³-hybridized carbons (Fsp3) is 0.312. The average Bonchev–Trinajstić information content (AvgIpc) is 2.47. The van der Waals surface area contributed by atoms with Crippen LogP contribution in [0.25, 0.3) is 10.8 Å². The maximum atomic E-state index is 11.0. The van der Waals surface area contributed by atoms with Crippen LogP contribution < -0.4 is 4.90 Å². The van der Waals surface area contributed by atoms with Gasteiger partial charge in [0.1, 0.15) is 0 Å². The van der Waals surface area contributed by atoms with E-state index in [1.807, 2.05) is 12.1 Å². The number of carboxylic acids is 1. The van der Waals surface area contributed by atoms with Crippen LogP contribution in [0.5, 0.6) is 0 Å². The summed E-state index contributed by atoms with van der Waals surface area (Å²) >= 11 is 0. The summed E-state index contributed by atoms with van der Waals surface area (Å²) in [5.41, 5.74) is 1.59. The summed E-state index contributed by atoms with van der Waals surface area (Å²) in [6.45, 7) is 2.25. The number of hydrogen-bond acceptors (Lipinski definition) is 2. The quantitative estimate of drug-likeness (QED) is 0.892. The van der Waals surface area contributed by atoms with E-state index in [0.29, 0.717) is 5.56 Å². The summed E-state index contributed by atoms with van der Waals surface area (Å²) in [7, 11) is 0. The monoisotopic (exact) mass is 255 g/mol. The number of anilines is 1. The molecule has 0 radical (unpaired) electrons. The van der Waals surface area contributed by atoms with E-state index in [4.69, 9.17) is 5.11 Å². The molecule has 98 valence electrons. The zero-order valence-corrected chi connectivity index (χ0v) is 10.8. The van der Waals surface area contributed by atoms with Gasteiger partial charge in [0.15, 0.2) is 0 Å². The average molecular weight is 255 g/mol. The molecule has 1 saturated heterocycles. The molecule has 1 aliphatic rings. The van der Waals surface area contributed by atoms with Crippen LogP contribution in [0.3, 0.4) is 0 Å². The van der Waals surface area contributed by atoms with Crippen molar-refractivity contribution in [3.63, 3.8) is 0 Å². The zero-order chi connectivity index (χ0) is 13.2. The van der Waals surface area contributed by atoms with Crippen LogP contribution in [0.15, 0.2) is 36.4 Å². The van der Waals surface area contributed by atoms with Gasteiger partial charge in [-0.25, -0.2) is 4.79 Å². The Morgan fingerprint density at radius 3 is 2.37 bits per heavy atom. The zero-order valence-electron chi connectivity index (χ0n) is 10.8. The van der Waals surface area contributed by atoms with Crippen molar-refractivity contribution in [1.29, 1.82) is 0 Å². The highest BCUT2D eigenvalue weighted by atomic mass is 16.4. The van der Waals surface area contributed by atoms with Crippen molar-refractivity contribution in [2.45, 2.75) is 19.3 Å². The van der Waals surface area contributed by atoms with Crippen molar-refractivity contribution < 1.29 is 9.90 Å². The third-order valence-corrected chi connectivity index (χ3v) is 3.79. The standard InChI is InChI=1S/C16H17NO2/c18-16(19)14-5-4-13-11-15(7-6-12(13)10-14)17-8-2-1-3-9-17/h4-7,10-11H,1-3,8-9H2,(H,18,19). The number of fused-ring (bicyclic) bond motifs is 1. The van der Waals surface area contributed by atoms with E-state index in [1.54, 1.807) is 12.1 Å². The second kappa shape index (κ2) is 4.92. The van der Waals surface area contributed by atoms with Gasteiger partial charge >= 0.3 is 5.97 Å². The van der Waals surface area contributed by atoms with E-state index in [1.165, 1.54) is 24.9 Å². The number of piperidine rings is 1. The minimum Gasteiger partial charge on any atom is -0.478 e. The summed E-state index contributed by atoms with van der Waals surface area (Å²) in [5, 5.41) is 11.1. The van der Waals surface area contributed by atoms with Gasteiger partial charge < -0.3 is 10.0 Å². The smallest absolute Gasteiger partial charge is 0.335 e. The van der Waals surface area contributed by atoms with E-state index >= 15 is 0 Å². The molecule has 2 aromatic carbocycles. The van der Waals surface area contributed by atoms with E-state index in [-0.39, 0.29) is 0 Å². The summed E-state index contributed by atoms with van der Waals surface area (Å²) in [5.74, 6) is -0.873. The van der Waals surface area contributed by atoms with Gasteiger partial charge in [-0.2, -0.15) is 0 Å². The van der Waals surface area contributed by atoms with Gasteiger partial charge in [-0.1, -0.05) is 12.1 Å². The molecular weight excluding hydrogens is 238 g/mol. The van der Waals surface area contributed by atoms with E-state index in [2.05, 4.69) is 17.0 Å². The minimum atomic E-state index is -0.873. The molecule has 0 aliphatic carbocycles. The number of hydrogen-bond donors (Lipinski definition) is 1. The molecule has 1 fully saturated rings. The molecule has 0 amide bonds. The Morgan fingerprint density at radius 2 is 1.63 bits per heavy atom. The molecule has 2 aromatic rings. The van der Waals surface area contributed by atoms with Crippen molar-refractivity contribution in [3.8, 4) is 0 Å². The van der Waals surface area contributed by atoms with Crippen molar-refractivity contribution in [2.24, 2.45) is 0 Å². The lowest BCUT2D eigenvalue weighted by atomic mass is 10.0. The number of carboxylic acid groups (broad SMARTS) is 1. The fourth-order valence-corrected chi connectivity index (χ4v) is 2.71. The minimum absolute atomic E-state index is 0.346. The maximum absolute atomic E-state index is 11.0. The number of nitrogens with zero attached hydrogens (tertiary/aromatic N) is 1. The lowest BCUT2D eigenvalue weighted by Crippen LogP contribution is -2.29. The lowest BCUT2D eigenvalue weighted by molar-refractivity contribution is 0.0697. The third-order valence-electron chi connectivity index (χ3n) is 3.79. The first-order chi connectivity index (χ1) is 9.24. The highest BCUT2D eigenvalue weighted by Gasteiger charge is 2.11. The molecular formula is C16H17NO2. The second-order valence-corrected chi connectivity index (χ2v) is 5.10. The molecule has 3 nitrogen and oxygen atoms in total. The predicted molar refractivity (Wildman–Crippen MR) is 77.0 cm³/mol. The molecule has 0 unspecified atom stereocenters. The molecule has 1 aliphatic heterocycles.